The van der Waals surface area contributed by atoms with Crippen LogP contribution in [0.25, 0.3) is 0 Å². The Labute approximate surface area is 75.8 Å². The highest BCUT2D eigenvalue weighted by atomic mass is 16.5. The zero-order valence-corrected chi connectivity index (χ0v) is 8.14. The highest BCUT2D eigenvalue weighted by Gasteiger charge is 2.28. The van der Waals surface area contributed by atoms with Crippen molar-refractivity contribution in [3.8, 4) is 0 Å². The summed E-state index contributed by atoms with van der Waals surface area (Å²) in [6.45, 7) is 3.80. The largest absolute Gasteiger partial charge is 0.378 e. The summed E-state index contributed by atoms with van der Waals surface area (Å²) in [5.74, 6) is 0. The van der Waals surface area contributed by atoms with E-state index in [0.717, 1.165) is 6.42 Å². The summed E-state index contributed by atoms with van der Waals surface area (Å²) < 4.78 is 5.63. The van der Waals surface area contributed by atoms with E-state index >= 15 is 0 Å². The molecule has 1 fully saturated rings. The highest BCUT2D eigenvalue weighted by Crippen LogP contribution is 2.32. The normalized spacial score (nSPS) is 23.1. The van der Waals surface area contributed by atoms with Crippen LogP contribution in [-0.2, 0) is 4.74 Å². The molecular weight excluding hydrogens is 148 g/mol. The third kappa shape index (κ3) is 2.34. The van der Waals surface area contributed by atoms with Gasteiger partial charge in [-0.1, -0.05) is 31.8 Å². The molecule has 1 heteroatoms. The summed E-state index contributed by atoms with van der Waals surface area (Å²) >= 11 is 0. The van der Waals surface area contributed by atoms with Crippen LogP contribution in [0.5, 0.6) is 0 Å². The average Bonchev–Trinajstić information content (AvgIpc) is 2.32. The van der Waals surface area contributed by atoms with Gasteiger partial charge in [-0.3, -0.25) is 0 Å². The fourth-order valence-corrected chi connectivity index (χ4v) is 2.13. The van der Waals surface area contributed by atoms with Gasteiger partial charge in [-0.15, -0.1) is 6.58 Å². The summed E-state index contributed by atoms with van der Waals surface area (Å²) in [4.78, 5) is 0. The zero-order chi connectivity index (χ0) is 8.86. The Morgan fingerprint density at radius 1 is 1.25 bits per heavy atom. The molecule has 0 heterocycles. The van der Waals surface area contributed by atoms with Crippen LogP contribution in [0.3, 0.4) is 0 Å². The van der Waals surface area contributed by atoms with Crippen molar-refractivity contribution in [1.29, 1.82) is 0 Å². The van der Waals surface area contributed by atoms with Crippen molar-refractivity contribution in [2.75, 3.05) is 7.11 Å². The van der Waals surface area contributed by atoms with Crippen molar-refractivity contribution in [2.45, 2.75) is 50.5 Å². The van der Waals surface area contributed by atoms with Crippen molar-refractivity contribution in [3.05, 3.63) is 12.7 Å². The predicted octanol–water partition coefficient (Wildman–Crippen LogP) is 3.30. The van der Waals surface area contributed by atoms with Gasteiger partial charge in [-0.2, -0.15) is 0 Å². The van der Waals surface area contributed by atoms with Crippen LogP contribution in [0.2, 0.25) is 0 Å². The van der Waals surface area contributed by atoms with Crippen LogP contribution in [0, 0.1) is 0 Å². The molecule has 0 saturated heterocycles. The first kappa shape index (κ1) is 9.79. The van der Waals surface area contributed by atoms with Gasteiger partial charge in [0.05, 0.1) is 5.60 Å². The van der Waals surface area contributed by atoms with Crippen molar-refractivity contribution < 1.29 is 4.74 Å². The lowest BCUT2D eigenvalue weighted by Crippen LogP contribution is -2.29. The van der Waals surface area contributed by atoms with E-state index < -0.39 is 0 Å². The van der Waals surface area contributed by atoms with Gasteiger partial charge in [0, 0.05) is 7.11 Å². The molecule has 0 aliphatic heterocycles. The van der Waals surface area contributed by atoms with Crippen molar-refractivity contribution >= 4 is 0 Å². The average molecular weight is 168 g/mol. The molecule has 0 aromatic heterocycles. The second-order valence-corrected chi connectivity index (χ2v) is 3.79. The number of ether oxygens (including phenoxy) is 1. The lowest BCUT2D eigenvalue weighted by Gasteiger charge is -2.30. The smallest absolute Gasteiger partial charge is 0.0712 e. The third-order valence-electron chi connectivity index (χ3n) is 2.96. The summed E-state index contributed by atoms with van der Waals surface area (Å²) in [5.41, 5.74) is 0.137. The Morgan fingerprint density at radius 2 is 1.83 bits per heavy atom. The molecule has 1 aliphatic rings. The van der Waals surface area contributed by atoms with E-state index in [4.69, 9.17) is 4.74 Å². The molecule has 0 bridgehead atoms. The van der Waals surface area contributed by atoms with Gasteiger partial charge in [0.15, 0.2) is 0 Å². The molecule has 0 radical (unpaired) electrons. The molecule has 0 aromatic carbocycles. The van der Waals surface area contributed by atoms with Crippen molar-refractivity contribution in [3.63, 3.8) is 0 Å². The summed E-state index contributed by atoms with van der Waals surface area (Å²) in [5, 5.41) is 0. The minimum atomic E-state index is 0.137. The second-order valence-electron chi connectivity index (χ2n) is 3.79. The van der Waals surface area contributed by atoms with Crippen LogP contribution < -0.4 is 0 Å². The topological polar surface area (TPSA) is 9.23 Å². The standard InChI is InChI=1S/C11H20O/c1-3-8-11(12-2)9-6-4-5-7-10-11/h3H,1,4-10H2,2H3. The highest BCUT2D eigenvalue weighted by molar-refractivity contribution is 4.89. The van der Waals surface area contributed by atoms with Crippen molar-refractivity contribution in [1.82, 2.24) is 0 Å². The molecule has 70 valence electrons. The first-order valence-electron chi connectivity index (χ1n) is 4.99. The van der Waals surface area contributed by atoms with Gasteiger partial charge in [0.2, 0.25) is 0 Å². The molecular formula is C11H20O. The Morgan fingerprint density at radius 3 is 2.25 bits per heavy atom. The van der Waals surface area contributed by atoms with E-state index in [1.807, 2.05) is 13.2 Å². The number of rotatable bonds is 3. The first-order valence-corrected chi connectivity index (χ1v) is 4.99. The Bertz CT molecular complexity index is 132. The number of methoxy groups -OCH3 is 1. The van der Waals surface area contributed by atoms with Crippen LogP contribution in [0.4, 0.5) is 0 Å². The van der Waals surface area contributed by atoms with E-state index in [0.29, 0.717) is 0 Å². The minimum absolute atomic E-state index is 0.137. The second kappa shape index (κ2) is 4.66. The number of hydrogen-bond acceptors (Lipinski definition) is 1. The van der Waals surface area contributed by atoms with E-state index in [1.165, 1.54) is 38.5 Å². The molecule has 0 N–H and O–H groups in total. The number of hydrogen-bond donors (Lipinski definition) is 0. The van der Waals surface area contributed by atoms with Gasteiger partial charge >= 0.3 is 0 Å². The molecule has 1 saturated carbocycles. The van der Waals surface area contributed by atoms with Crippen LogP contribution in [0.1, 0.15) is 44.9 Å². The molecule has 1 aliphatic carbocycles. The first-order chi connectivity index (χ1) is 5.83. The minimum Gasteiger partial charge on any atom is -0.378 e. The van der Waals surface area contributed by atoms with Crippen LogP contribution in [0.15, 0.2) is 12.7 Å². The fraction of sp³-hybridized carbons (Fsp3) is 0.818. The van der Waals surface area contributed by atoms with E-state index in [-0.39, 0.29) is 5.60 Å². The van der Waals surface area contributed by atoms with Crippen molar-refractivity contribution in [2.24, 2.45) is 0 Å². The Kier molecular flexibility index (Phi) is 3.80. The predicted molar refractivity (Wildman–Crippen MR) is 52.3 cm³/mol. The SMILES string of the molecule is C=CCC1(OC)CCCCCC1. The van der Waals surface area contributed by atoms with Gasteiger partial charge in [0.1, 0.15) is 0 Å². The van der Waals surface area contributed by atoms with E-state index in [1.54, 1.807) is 0 Å². The molecule has 0 amide bonds. The van der Waals surface area contributed by atoms with Crippen LogP contribution >= 0.6 is 0 Å². The Balaban J connectivity index is 2.54. The van der Waals surface area contributed by atoms with Crippen LogP contribution in [-0.4, -0.2) is 12.7 Å². The third-order valence-corrected chi connectivity index (χ3v) is 2.96. The Hall–Kier alpha value is -0.300. The maximum atomic E-state index is 5.63. The molecule has 0 spiro atoms. The summed E-state index contributed by atoms with van der Waals surface area (Å²) in [7, 11) is 1.84. The van der Waals surface area contributed by atoms with Gasteiger partial charge in [0.25, 0.3) is 0 Å². The summed E-state index contributed by atoms with van der Waals surface area (Å²) in [6.07, 6.45) is 10.8. The van der Waals surface area contributed by atoms with Gasteiger partial charge < -0.3 is 4.74 Å². The zero-order valence-electron chi connectivity index (χ0n) is 8.14. The molecule has 0 unspecified atom stereocenters. The molecule has 0 aromatic rings. The molecule has 0 atom stereocenters. The quantitative estimate of drug-likeness (QED) is 0.464. The maximum absolute atomic E-state index is 5.63. The lowest BCUT2D eigenvalue weighted by atomic mass is 9.91. The monoisotopic (exact) mass is 168 g/mol. The molecule has 12 heavy (non-hydrogen) atoms. The van der Waals surface area contributed by atoms with E-state index in [9.17, 15) is 0 Å². The molecule has 1 rings (SSSR count). The molecule has 1 nitrogen and oxygen atoms in total. The van der Waals surface area contributed by atoms with Gasteiger partial charge in [-0.25, -0.2) is 0 Å². The fourth-order valence-electron chi connectivity index (χ4n) is 2.13. The van der Waals surface area contributed by atoms with E-state index in [2.05, 4.69) is 6.58 Å². The maximum Gasteiger partial charge on any atom is 0.0712 e. The summed E-state index contributed by atoms with van der Waals surface area (Å²) in [6, 6.07) is 0. The lowest BCUT2D eigenvalue weighted by molar-refractivity contribution is -0.0200. The van der Waals surface area contributed by atoms with Gasteiger partial charge in [-0.05, 0) is 19.3 Å².